The van der Waals surface area contributed by atoms with Gasteiger partial charge in [0.2, 0.25) is 5.91 Å². The summed E-state index contributed by atoms with van der Waals surface area (Å²) in [5.41, 5.74) is 0.822. The van der Waals surface area contributed by atoms with Gasteiger partial charge in [0, 0.05) is 6.04 Å². The average molecular weight is 263 g/mol. The molecule has 0 saturated heterocycles. The van der Waals surface area contributed by atoms with Crippen LogP contribution in [0.25, 0.3) is 0 Å². The lowest BCUT2D eigenvalue weighted by molar-refractivity contribution is -0.141. The Morgan fingerprint density at radius 2 is 1.89 bits per heavy atom. The summed E-state index contributed by atoms with van der Waals surface area (Å²) in [6.07, 6.45) is 2.10. The minimum absolute atomic E-state index is 0.0364. The number of carboxylic acid groups (broad SMARTS) is 1. The van der Waals surface area contributed by atoms with Crippen LogP contribution in [0.4, 0.5) is 0 Å². The molecule has 2 atom stereocenters. The van der Waals surface area contributed by atoms with Gasteiger partial charge in [-0.25, -0.2) is 0 Å². The molecule has 102 valence electrons. The van der Waals surface area contributed by atoms with Crippen LogP contribution in [0.1, 0.15) is 24.8 Å². The number of nitrogens with one attached hydrogen (secondary N) is 1. The fraction of sp³-hybridized carbons (Fsp3) is 0.429. The van der Waals surface area contributed by atoms with E-state index in [1.54, 1.807) is 24.3 Å². The number of phenolic OH excluding ortho intramolecular Hbond substituents is 1. The average Bonchev–Trinajstić information content (AvgIpc) is 2.80. The Hall–Kier alpha value is -2.04. The molecule has 2 unspecified atom stereocenters. The van der Waals surface area contributed by atoms with Gasteiger partial charge in [0.15, 0.2) is 0 Å². The van der Waals surface area contributed by atoms with Crippen molar-refractivity contribution in [3.63, 3.8) is 0 Å². The van der Waals surface area contributed by atoms with Crippen molar-refractivity contribution in [1.82, 2.24) is 5.32 Å². The van der Waals surface area contributed by atoms with Gasteiger partial charge in [-0.05, 0) is 37.0 Å². The number of phenols is 1. The highest BCUT2D eigenvalue weighted by molar-refractivity contribution is 5.79. The third-order valence-corrected chi connectivity index (χ3v) is 3.45. The van der Waals surface area contributed by atoms with Gasteiger partial charge >= 0.3 is 5.97 Å². The Bertz CT molecular complexity index is 469. The van der Waals surface area contributed by atoms with Gasteiger partial charge in [-0.3, -0.25) is 9.59 Å². The molecule has 1 saturated carbocycles. The van der Waals surface area contributed by atoms with Crippen molar-refractivity contribution in [3.05, 3.63) is 29.8 Å². The molecule has 5 heteroatoms. The second-order valence-electron chi connectivity index (χ2n) is 4.96. The number of aromatic hydroxyl groups is 1. The third-order valence-electron chi connectivity index (χ3n) is 3.45. The zero-order valence-corrected chi connectivity index (χ0v) is 10.5. The van der Waals surface area contributed by atoms with Crippen molar-refractivity contribution in [3.8, 4) is 5.75 Å². The molecule has 0 bridgehead atoms. The van der Waals surface area contributed by atoms with E-state index in [1.165, 1.54) is 0 Å². The van der Waals surface area contributed by atoms with E-state index in [4.69, 9.17) is 10.2 Å². The summed E-state index contributed by atoms with van der Waals surface area (Å²) in [6.45, 7) is 0. The zero-order chi connectivity index (χ0) is 13.8. The van der Waals surface area contributed by atoms with Gasteiger partial charge in [-0.15, -0.1) is 0 Å². The van der Waals surface area contributed by atoms with Crippen molar-refractivity contribution >= 4 is 11.9 Å². The zero-order valence-electron chi connectivity index (χ0n) is 10.5. The summed E-state index contributed by atoms with van der Waals surface area (Å²) in [6, 6.07) is 6.44. The van der Waals surface area contributed by atoms with Crippen molar-refractivity contribution < 1.29 is 19.8 Å². The second kappa shape index (κ2) is 5.73. The maximum absolute atomic E-state index is 11.8. The van der Waals surface area contributed by atoms with E-state index >= 15 is 0 Å². The summed E-state index contributed by atoms with van der Waals surface area (Å²) in [5, 5.41) is 20.9. The molecule has 0 heterocycles. The Morgan fingerprint density at radius 3 is 2.47 bits per heavy atom. The second-order valence-corrected chi connectivity index (χ2v) is 4.96. The van der Waals surface area contributed by atoms with Crippen molar-refractivity contribution in [1.29, 1.82) is 0 Å². The molecule has 1 aliphatic carbocycles. The van der Waals surface area contributed by atoms with Gasteiger partial charge in [-0.2, -0.15) is 0 Å². The lowest BCUT2D eigenvalue weighted by Crippen LogP contribution is -2.34. The van der Waals surface area contributed by atoms with E-state index in [9.17, 15) is 9.59 Å². The van der Waals surface area contributed by atoms with Gasteiger partial charge < -0.3 is 15.5 Å². The van der Waals surface area contributed by atoms with E-state index < -0.39 is 5.97 Å². The van der Waals surface area contributed by atoms with Gasteiger partial charge in [0.25, 0.3) is 0 Å². The first-order valence-electron chi connectivity index (χ1n) is 6.34. The number of carbonyl (C=O) groups excluding carboxylic acids is 1. The van der Waals surface area contributed by atoms with E-state index in [-0.39, 0.29) is 30.0 Å². The van der Waals surface area contributed by atoms with E-state index in [0.717, 1.165) is 12.0 Å². The molecule has 19 heavy (non-hydrogen) atoms. The Kier molecular flexibility index (Phi) is 4.04. The maximum Gasteiger partial charge on any atom is 0.306 e. The standard InChI is InChI=1S/C14H17NO4/c16-12-5-1-9(2-6-12)7-13(17)15-11-4-3-10(8-11)14(18)19/h1-2,5-6,10-11,16H,3-4,7-8H2,(H,15,17)(H,18,19). The SMILES string of the molecule is O=C(Cc1ccc(O)cc1)NC1CCC(C(=O)O)C1. The molecule has 1 amide bonds. The molecular weight excluding hydrogens is 246 g/mol. The molecular formula is C14H17NO4. The largest absolute Gasteiger partial charge is 0.508 e. The Balaban J connectivity index is 1.82. The van der Waals surface area contributed by atoms with Crippen LogP contribution in [0.3, 0.4) is 0 Å². The third kappa shape index (κ3) is 3.71. The van der Waals surface area contributed by atoms with Crippen LogP contribution in [-0.4, -0.2) is 28.1 Å². The van der Waals surface area contributed by atoms with E-state index in [1.807, 2.05) is 0 Å². The van der Waals surface area contributed by atoms with Crippen LogP contribution in [0, 0.1) is 5.92 Å². The molecule has 1 fully saturated rings. The smallest absolute Gasteiger partial charge is 0.306 e. The highest BCUT2D eigenvalue weighted by Crippen LogP contribution is 2.25. The first kappa shape index (κ1) is 13.4. The van der Waals surface area contributed by atoms with Gasteiger partial charge in [0.05, 0.1) is 12.3 Å². The molecule has 3 N–H and O–H groups in total. The molecule has 0 spiro atoms. The van der Waals surface area contributed by atoms with Crippen LogP contribution in [0.2, 0.25) is 0 Å². The molecule has 0 aromatic heterocycles. The van der Waals surface area contributed by atoms with Crippen LogP contribution in [0.5, 0.6) is 5.75 Å². The molecule has 2 rings (SSSR count). The first-order valence-corrected chi connectivity index (χ1v) is 6.34. The molecule has 1 aromatic rings. The van der Waals surface area contributed by atoms with Crippen LogP contribution in [-0.2, 0) is 16.0 Å². The molecule has 1 aromatic carbocycles. The normalized spacial score (nSPS) is 22.1. The summed E-state index contributed by atoms with van der Waals surface area (Å²) in [5.74, 6) is -1.06. The van der Waals surface area contributed by atoms with Crippen LogP contribution < -0.4 is 5.32 Å². The predicted octanol–water partition coefficient (Wildman–Crippen LogP) is 1.30. The topological polar surface area (TPSA) is 86.6 Å². The van der Waals surface area contributed by atoms with Crippen molar-refractivity contribution in [2.45, 2.75) is 31.7 Å². The summed E-state index contributed by atoms with van der Waals surface area (Å²) >= 11 is 0. The number of rotatable bonds is 4. The number of carbonyl (C=O) groups is 2. The molecule has 1 aliphatic rings. The quantitative estimate of drug-likeness (QED) is 0.764. The lowest BCUT2D eigenvalue weighted by Gasteiger charge is -2.12. The lowest BCUT2D eigenvalue weighted by atomic mass is 10.1. The van der Waals surface area contributed by atoms with Crippen LogP contribution >= 0.6 is 0 Å². The Morgan fingerprint density at radius 1 is 1.21 bits per heavy atom. The minimum Gasteiger partial charge on any atom is -0.508 e. The summed E-state index contributed by atoms with van der Waals surface area (Å²) in [7, 11) is 0. The number of hydrogen-bond donors (Lipinski definition) is 3. The fourth-order valence-corrected chi connectivity index (χ4v) is 2.41. The number of hydrogen-bond acceptors (Lipinski definition) is 3. The Labute approximate surface area is 111 Å². The molecule has 5 nitrogen and oxygen atoms in total. The number of aliphatic carboxylic acids is 1. The van der Waals surface area contributed by atoms with Crippen molar-refractivity contribution in [2.24, 2.45) is 5.92 Å². The van der Waals surface area contributed by atoms with E-state index in [0.29, 0.717) is 12.8 Å². The van der Waals surface area contributed by atoms with Gasteiger partial charge in [-0.1, -0.05) is 12.1 Å². The highest BCUT2D eigenvalue weighted by atomic mass is 16.4. The number of benzene rings is 1. The number of carboxylic acids is 1. The van der Waals surface area contributed by atoms with Crippen molar-refractivity contribution in [2.75, 3.05) is 0 Å². The molecule has 0 aliphatic heterocycles. The summed E-state index contributed by atoms with van der Waals surface area (Å²) < 4.78 is 0. The fourth-order valence-electron chi connectivity index (χ4n) is 2.41. The van der Waals surface area contributed by atoms with E-state index in [2.05, 4.69) is 5.32 Å². The predicted molar refractivity (Wildman–Crippen MR) is 68.7 cm³/mol. The highest BCUT2D eigenvalue weighted by Gasteiger charge is 2.30. The monoisotopic (exact) mass is 263 g/mol. The molecule has 0 radical (unpaired) electrons. The minimum atomic E-state index is -0.782. The van der Waals surface area contributed by atoms with Crippen LogP contribution in [0.15, 0.2) is 24.3 Å². The number of amides is 1. The van der Waals surface area contributed by atoms with Gasteiger partial charge in [0.1, 0.15) is 5.75 Å². The first-order chi connectivity index (χ1) is 9.04. The summed E-state index contributed by atoms with van der Waals surface area (Å²) in [4.78, 5) is 22.6. The maximum atomic E-state index is 11.8.